The molecule has 0 heterocycles. The molecule has 0 aromatic heterocycles. The third-order valence-electron chi connectivity index (χ3n) is 2.75. The van der Waals surface area contributed by atoms with Crippen LogP contribution in [0.4, 0.5) is 0 Å². The number of thiol groups is 2. The molecule has 0 saturated heterocycles. The molecule has 0 radical (unpaired) electrons. The minimum atomic E-state index is -0.349. The molecule has 0 rings (SSSR count). The number of hydrogen-bond acceptors (Lipinski definition) is 6. The van der Waals surface area contributed by atoms with E-state index in [9.17, 15) is 0 Å². The molecule has 0 aliphatic rings. The van der Waals surface area contributed by atoms with Crippen LogP contribution >= 0.6 is 53.1 Å². The monoisotopic (exact) mass is 455 g/mol. The van der Waals surface area contributed by atoms with Gasteiger partial charge in [-0.25, -0.2) is 12.5 Å². The molecule has 2 N–H and O–H groups in total. The number of aliphatic hydroxyl groups is 2. The summed E-state index contributed by atoms with van der Waals surface area (Å²) in [6.07, 6.45) is 9.01. The maximum atomic E-state index is 8.75. The van der Waals surface area contributed by atoms with Gasteiger partial charge in [-0.2, -0.15) is 21.7 Å². The standard InChI is InChI=1S/2C7H13O2P.CH4S.BH4PS/c2*1-3-4-7(9-10)6(2)5-8;1-2;2-1-3/h2*1,6-8H,4-5,10H2,2H3;2H,1H3;1,3H,2H2/t2*6-,7?;;/m00../s1/i1T,8T,10T;10T;;1D/t2*6-,7?,10?;;. The number of terminal acetylenes is 2. The van der Waals surface area contributed by atoms with Crippen molar-refractivity contribution >= 4 is 59.3 Å². The Kier molecular flexibility index (Phi) is 26.6. The van der Waals surface area contributed by atoms with E-state index >= 15 is 0 Å². The van der Waals surface area contributed by atoms with Gasteiger partial charge in [0.15, 0.2) is 0 Å². The van der Waals surface area contributed by atoms with Crippen LogP contribution in [0.15, 0.2) is 0 Å². The zero-order chi connectivity index (χ0) is 24.4. The Bertz CT molecular complexity index is 446. The molecule has 0 spiro atoms. The molecule has 0 fully saturated rings. The van der Waals surface area contributed by atoms with Gasteiger partial charge in [0.2, 0.25) is 7.67 Å². The fraction of sp³-hybridized carbons (Fsp3) is 0.733. The second-order valence-electron chi connectivity index (χ2n) is 4.55. The predicted octanol–water partition coefficient (Wildman–Crippen LogP) is 2.23. The van der Waals surface area contributed by atoms with Gasteiger partial charge in [-0.15, -0.1) is 24.7 Å². The molecule has 25 heavy (non-hydrogen) atoms. The van der Waals surface area contributed by atoms with Gasteiger partial charge in [-0.1, -0.05) is 13.8 Å². The summed E-state index contributed by atoms with van der Waals surface area (Å²) in [5.41, 5.74) is 0. The molecule has 7 atom stereocenters. The molecule has 0 bridgehead atoms. The summed E-state index contributed by atoms with van der Waals surface area (Å²) in [5, 5.41) is 13.0. The highest BCUT2D eigenvalue weighted by Gasteiger charge is 2.14. The van der Waals surface area contributed by atoms with Crippen LogP contribution in [0, 0.1) is 36.5 Å². The number of hydrogen-bond donors (Lipinski definition) is 4. The van der Waals surface area contributed by atoms with Crippen LogP contribution in [0.25, 0.3) is 0 Å². The summed E-state index contributed by atoms with van der Waals surface area (Å²) >= 11 is 7.12. The van der Waals surface area contributed by atoms with Crippen LogP contribution in [-0.2, 0) is 9.05 Å². The third-order valence-corrected chi connectivity index (χ3v) is 3.35. The van der Waals surface area contributed by atoms with E-state index in [0.717, 1.165) is 0 Å². The molecule has 4 nitrogen and oxygen atoms in total. The van der Waals surface area contributed by atoms with Crippen molar-refractivity contribution in [1.82, 2.24) is 0 Å². The van der Waals surface area contributed by atoms with Crippen molar-refractivity contribution < 1.29 is 20.6 Å². The summed E-state index contributed by atoms with van der Waals surface area (Å²) in [6.45, 7) is 4.03. The zero-order valence-electron chi connectivity index (χ0n) is 19.9. The Morgan fingerprint density at radius 3 is 2.04 bits per heavy atom. The fourth-order valence-corrected chi connectivity index (χ4v) is 1.79. The predicted molar refractivity (Wildman–Crippen MR) is 129 cm³/mol. The van der Waals surface area contributed by atoms with E-state index in [1.165, 1.54) is 0 Å². The first-order chi connectivity index (χ1) is 14.2. The molecule has 0 aromatic carbocycles. The van der Waals surface area contributed by atoms with Gasteiger partial charge in [0.05, 0.1) is 14.8 Å². The molecular formula is C15H34BO4P3S2. The van der Waals surface area contributed by atoms with Gasteiger partial charge in [0, 0.05) is 56.7 Å². The lowest BCUT2D eigenvalue weighted by Crippen LogP contribution is -2.20. The Hall–Kier alpha value is 1.01. The molecule has 10 heteroatoms. The third kappa shape index (κ3) is 25.0. The highest BCUT2D eigenvalue weighted by Crippen LogP contribution is 2.13. The second-order valence-corrected chi connectivity index (χ2v) is 6.22. The number of aliphatic hydroxyl groups excluding tert-OH is 2. The van der Waals surface area contributed by atoms with Gasteiger partial charge >= 0.3 is 0 Å². The lowest BCUT2D eigenvalue weighted by molar-refractivity contribution is 0.117. The van der Waals surface area contributed by atoms with Gasteiger partial charge in [0.1, 0.15) is 1.37 Å². The van der Waals surface area contributed by atoms with Crippen LogP contribution in [0.3, 0.4) is 0 Å². The van der Waals surface area contributed by atoms with Gasteiger partial charge in [-0.05, 0) is 7.59 Å². The Balaban J connectivity index is -0.000000180. The van der Waals surface area contributed by atoms with Crippen molar-refractivity contribution in [3.05, 3.63) is 0 Å². The molecule has 0 saturated carbocycles. The molecule has 148 valence electrons. The quantitative estimate of drug-likeness (QED) is 0.167. The van der Waals surface area contributed by atoms with Crippen LogP contribution in [0.1, 0.15) is 28.1 Å². The maximum Gasteiger partial charge on any atom is 0.210 e. The smallest absolute Gasteiger partial charge is 0.210 e. The molecular weight excluding hydrogens is 412 g/mol. The average molecular weight is 455 g/mol. The van der Waals surface area contributed by atoms with Crippen LogP contribution in [0.5, 0.6) is 0 Å². The topological polar surface area (TPSA) is 58.9 Å². The lowest BCUT2D eigenvalue weighted by atomic mass is 10.0. The SMILES string of the molecule is CS.[2H]B(P)S.[3H]C#CCC(OP[3H])[C@@H](C)CO[3H].[3H]POC(CC#C)[C@@H](C)CO. The van der Waals surface area contributed by atoms with Crippen molar-refractivity contribution in [2.75, 3.05) is 19.5 Å². The van der Waals surface area contributed by atoms with Gasteiger partial charge in [0.25, 0.3) is 0 Å². The van der Waals surface area contributed by atoms with Crippen LogP contribution < -0.4 is 0 Å². The highest BCUT2D eigenvalue weighted by atomic mass is 32.1. The van der Waals surface area contributed by atoms with Gasteiger partial charge in [-0.3, -0.25) is 0 Å². The van der Waals surface area contributed by atoms with Gasteiger partial charge < -0.3 is 19.3 Å². The van der Waals surface area contributed by atoms with Crippen molar-refractivity contribution in [3.63, 3.8) is 0 Å². The minimum absolute atomic E-state index is 0.0175. The van der Waals surface area contributed by atoms with E-state index in [4.69, 9.17) is 27.3 Å². The van der Waals surface area contributed by atoms with E-state index < -0.39 is 0 Å². The maximum absolute atomic E-state index is 8.75. The highest BCUT2D eigenvalue weighted by molar-refractivity contribution is 8.20. The van der Waals surface area contributed by atoms with E-state index in [2.05, 4.69) is 51.2 Å². The van der Waals surface area contributed by atoms with E-state index in [1.54, 1.807) is 6.26 Å². The molecule has 0 aliphatic heterocycles. The Morgan fingerprint density at radius 1 is 1.28 bits per heavy atom. The summed E-state index contributed by atoms with van der Waals surface area (Å²) in [7, 11) is 1.53. The first-order valence-corrected chi connectivity index (χ1v) is 10.1. The van der Waals surface area contributed by atoms with Crippen LogP contribution in [-0.4, -0.2) is 53.5 Å². The Morgan fingerprint density at radius 2 is 1.72 bits per heavy atom. The van der Waals surface area contributed by atoms with E-state index in [-0.39, 0.29) is 62.3 Å². The normalized spacial score (nSPS) is 16.8. The largest absolute Gasteiger partial charge is 0.396 e. The molecule has 0 aromatic rings. The summed E-state index contributed by atoms with van der Waals surface area (Å²) in [5.74, 6) is 5.06. The summed E-state index contributed by atoms with van der Waals surface area (Å²) < 4.78 is 43.5. The van der Waals surface area contributed by atoms with Crippen molar-refractivity contribution in [2.45, 2.75) is 38.9 Å². The molecule has 5 unspecified atom stereocenters. The van der Waals surface area contributed by atoms with E-state index in [0.29, 0.717) is 12.8 Å². The van der Waals surface area contributed by atoms with Crippen molar-refractivity contribution in [3.8, 4) is 24.7 Å². The summed E-state index contributed by atoms with van der Waals surface area (Å²) in [6, 6.07) is 0. The van der Waals surface area contributed by atoms with Crippen molar-refractivity contribution in [2.24, 2.45) is 11.8 Å². The minimum Gasteiger partial charge on any atom is -0.396 e. The van der Waals surface area contributed by atoms with E-state index in [1.807, 2.05) is 20.2 Å². The van der Waals surface area contributed by atoms with Crippen molar-refractivity contribution in [1.29, 1.82) is 5.32 Å². The molecule has 0 amide bonds. The fourth-order valence-electron chi connectivity index (χ4n) is 1.16. The second kappa shape index (κ2) is 29.8. The summed E-state index contributed by atoms with van der Waals surface area (Å²) in [4.78, 5) is 0. The Labute approximate surface area is 180 Å². The number of rotatable bonds is 11. The molecule has 0 aliphatic carbocycles. The first-order valence-electron chi connectivity index (χ1n) is 9.71. The lowest BCUT2D eigenvalue weighted by Gasteiger charge is -2.17. The average Bonchev–Trinajstić information content (AvgIpc) is 2.72. The zero-order valence-corrected chi connectivity index (χ0v) is 19.9. The van der Waals surface area contributed by atoms with Crippen LogP contribution in [0.2, 0.25) is 0 Å². The first kappa shape index (κ1) is 22.3.